The Morgan fingerprint density at radius 3 is 2.38 bits per heavy atom. The Labute approximate surface area is 189 Å². The van der Waals surface area contributed by atoms with Crippen LogP contribution in [0.3, 0.4) is 0 Å². The predicted octanol–water partition coefficient (Wildman–Crippen LogP) is -0.0320. The average Bonchev–Trinajstić information content (AvgIpc) is 2.67. The summed E-state index contributed by atoms with van der Waals surface area (Å²) in [5, 5.41) is 43.4. The number of nitrogens with two attached hydrogens (primary N) is 2. The molecule has 1 saturated carbocycles. The standard InChI is InChI=1S/C21H23N3O7.ClH/c1-24(2)14-9-6-8-5-7-3-4-10(22)15(25)11(7)16(26)12(8)18(28)21(9,31)19(29)13(17(14)27)20(23)30;/h3-4,8-9,14,25-26,29,31H,5-6,22H2,1-2H3,(H2,23,30);1H. The van der Waals surface area contributed by atoms with Crippen LogP contribution in [0, 0.1) is 11.8 Å². The molecule has 1 amide bonds. The first-order chi connectivity index (χ1) is 14.4. The zero-order valence-corrected chi connectivity index (χ0v) is 18.1. The van der Waals surface area contributed by atoms with Crippen LogP contribution in [0.25, 0.3) is 5.76 Å². The van der Waals surface area contributed by atoms with Gasteiger partial charge in [-0.15, -0.1) is 12.4 Å². The zero-order chi connectivity index (χ0) is 23.0. The van der Waals surface area contributed by atoms with Gasteiger partial charge >= 0.3 is 0 Å². The summed E-state index contributed by atoms with van der Waals surface area (Å²) < 4.78 is 0. The Morgan fingerprint density at radius 1 is 1.19 bits per heavy atom. The number of fused-ring (bicyclic) bond motifs is 3. The number of phenolic OH excluding ortho intramolecular Hbond substituents is 1. The van der Waals surface area contributed by atoms with E-state index in [-0.39, 0.29) is 42.1 Å². The first-order valence-corrected chi connectivity index (χ1v) is 9.68. The molecule has 8 N–H and O–H groups in total. The average molecular weight is 466 g/mol. The molecule has 3 aliphatic rings. The van der Waals surface area contributed by atoms with Gasteiger partial charge in [-0.1, -0.05) is 6.07 Å². The number of aliphatic hydroxyl groups excluding tert-OH is 2. The normalized spacial score (nSPS) is 29.3. The van der Waals surface area contributed by atoms with Crippen molar-refractivity contribution >= 4 is 41.3 Å². The van der Waals surface area contributed by atoms with Gasteiger partial charge in [-0.25, -0.2) is 0 Å². The number of anilines is 1. The Kier molecular flexibility index (Phi) is 5.53. The maximum Gasteiger partial charge on any atom is 0.255 e. The molecule has 1 aromatic rings. The zero-order valence-electron chi connectivity index (χ0n) is 17.3. The molecule has 4 unspecified atom stereocenters. The molecular weight excluding hydrogens is 442 g/mol. The number of rotatable bonds is 2. The molecular formula is C21H24ClN3O7. The van der Waals surface area contributed by atoms with E-state index in [0.29, 0.717) is 5.56 Å². The van der Waals surface area contributed by atoms with Crippen LogP contribution in [0.4, 0.5) is 5.69 Å². The van der Waals surface area contributed by atoms with Gasteiger partial charge in [0.05, 0.1) is 17.3 Å². The number of carbonyl (C=O) groups excluding carboxylic acids is 3. The van der Waals surface area contributed by atoms with E-state index in [2.05, 4.69) is 0 Å². The summed E-state index contributed by atoms with van der Waals surface area (Å²) in [6.07, 6.45) is 0.291. The van der Waals surface area contributed by atoms with Crippen LogP contribution < -0.4 is 11.5 Å². The van der Waals surface area contributed by atoms with Crippen molar-refractivity contribution in [3.8, 4) is 5.75 Å². The first kappa shape index (κ1) is 23.6. The van der Waals surface area contributed by atoms with Gasteiger partial charge in [0.2, 0.25) is 5.78 Å². The van der Waals surface area contributed by atoms with E-state index in [4.69, 9.17) is 11.5 Å². The van der Waals surface area contributed by atoms with Crippen LogP contribution in [0.5, 0.6) is 5.75 Å². The number of aromatic hydroxyl groups is 1. The third-order valence-corrected chi connectivity index (χ3v) is 6.62. The molecule has 0 aliphatic heterocycles. The maximum absolute atomic E-state index is 13.5. The molecule has 3 aliphatic carbocycles. The van der Waals surface area contributed by atoms with Gasteiger partial charge in [-0.2, -0.15) is 0 Å². The minimum absolute atomic E-state index is 0. The molecule has 32 heavy (non-hydrogen) atoms. The number of ketones is 2. The van der Waals surface area contributed by atoms with E-state index in [1.165, 1.54) is 11.0 Å². The van der Waals surface area contributed by atoms with Crippen molar-refractivity contribution in [1.82, 2.24) is 4.90 Å². The van der Waals surface area contributed by atoms with Crippen molar-refractivity contribution in [3.05, 3.63) is 40.2 Å². The highest BCUT2D eigenvalue weighted by atomic mass is 35.5. The van der Waals surface area contributed by atoms with Crippen molar-refractivity contribution in [2.24, 2.45) is 17.6 Å². The Balaban J connectivity index is 0.00000289. The number of nitrogens with zero attached hydrogens (tertiary/aromatic N) is 1. The third-order valence-electron chi connectivity index (χ3n) is 6.62. The summed E-state index contributed by atoms with van der Waals surface area (Å²) in [6, 6.07) is 2.01. The van der Waals surface area contributed by atoms with E-state index in [9.17, 15) is 34.8 Å². The van der Waals surface area contributed by atoms with E-state index in [1.807, 2.05) is 0 Å². The molecule has 172 valence electrons. The Morgan fingerprint density at radius 2 is 1.81 bits per heavy atom. The molecule has 0 heterocycles. The number of primary amides is 1. The van der Waals surface area contributed by atoms with Crippen LogP contribution in [0.15, 0.2) is 29.0 Å². The van der Waals surface area contributed by atoms with Crippen LogP contribution in [-0.4, -0.2) is 68.5 Å². The van der Waals surface area contributed by atoms with E-state index in [0.717, 1.165) is 0 Å². The number of hydrogen-bond acceptors (Lipinski definition) is 9. The second-order valence-corrected chi connectivity index (χ2v) is 8.50. The topological polar surface area (TPSA) is 187 Å². The van der Waals surface area contributed by atoms with Crippen molar-refractivity contribution in [1.29, 1.82) is 0 Å². The van der Waals surface area contributed by atoms with Gasteiger partial charge < -0.3 is 31.9 Å². The molecule has 4 atom stereocenters. The van der Waals surface area contributed by atoms with Crippen LogP contribution >= 0.6 is 12.4 Å². The van der Waals surface area contributed by atoms with Gasteiger partial charge in [-0.05, 0) is 44.5 Å². The fraction of sp³-hybridized carbons (Fsp3) is 0.381. The van der Waals surface area contributed by atoms with Gasteiger partial charge in [0.25, 0.3) is 5.91 Å². The Hall–Kier alpha value is -3.08. The number of nitrogen functional groups attached to an aromatic ring is 1. The highest BCUT2D eigenvalue weighted by molar-refractivity contribution is 6.24. The fourth-order valence-electron chi connectivity index (χ4n) is 5.23. The van der Waals surface area contributed by atoms with E-state index in [1.54, 1.807) is 20.2 Å². The summed E-state index contributed by atoms with van der Waals surface area (Å²) >= 11 is 0. The SMILES string of the molecule is CN(C)C1C(=O)C(C(N)=O)=C(O)C2(O)C(=O)C3=C(O)c4c(ccc(N)c4O)CC3CC12.Cl. The minimum Gasteiger partial charge on any atom is -0.508 e. The number of amides is 1. The second kappa shape index (κ2) is 7.51. The molecule has 1 fully saturated rings. The quantitative estimate of drug-likeness (QED) is 0.198. The molecule has 0 saturated heterocycles. The van der Waals surface area contributed by atoms with Gasteiger partial charge in [-0.3, -0.25) is 19.3 Å². The molecule has 0 spiro atoms. The second-order valence-electron chi connectivity index (χ2n) is 8.50. The summed E-state index contributed by atoms with van der Waals surface area (Å²) in [4.78, 5) is 39.8. The monoisotopic (exact) mass is 465 g/mol. The number of Topliss-reactive ketones (excluding diaryl/α,β-unsaturated/α-hetero) is 2. The van der Waals surface area contributed by atoms with Crippen LogP contribution in [0.1, 0.15) is 17.5 Å². The lowest BCUT2D eigenvalue weighted by atomic mass is 9.57. The summed E-state index contributed by atoms with van der Waals surface area (Å²) in [5.74, 6) is -6.84. The smallest absolute Gasteiger partial charge is 0.255 e. The van der Waals surface area contributed by atoms with Crippen molar-refractivity contribution in [2.45, 2.75) is 24.5 Å². The highest BCUT2D eigenvalue weighted by Gasteiger charge is 2.64. The van der Waals surface area contributed by atoms with Crippen LogP contribution in [-0.2, 0) is 20.8 Å². The number of carbonyl (C=O) groups is 3. The minimum atomic E-state index is -2.64. The lowest BCUT2D eigenvalue weighted by Gasteiger charge is -2.50. The van der Waals surface area contributed by atoms with Gasteiger partial charge in [0, 0.05) is 11.5 Å². The number of benzene rings is 1. The number of halogens is 1. The molecule has 1 aromatic carbocycles. The molecule has 11 heteroatoms. The predicted molar refractivity (Wildman–Crippen MR) is 116 cm³/mol. The number of hydrogen-bond donors (Lipinski definition) is 6. The molecule has 10 nitrogen and oxygen atoms in total. The lowest BCUT2D eigenvalue weighted by Crippen LogP contribution is -2.65. The summed E-state index contributed by atoms with van der Waals surface area (Å²) in [5.41, 5.74) is 7.85. The number of phenols is 1. The summed E-state index contributed by atoms with van der Waals surface area (Å²) in [6.45, 7) is 0. The van der Waals surface area contributed by atoms with E-state index < -0.39 is 63.8 Å². The van der Waals surface area contributed by atoms with Crippen molar-refractivity contribution in [2.75, 3.05) is 19.8 Å². The Bertz CT molecular complexity index is 1130. The van der Waals surface area contributed by atoms with Crippen molar-refractivity contribution in [3.63, 3.8) is 0 Å². The van der Waals surface area contributed by atoms with Crippen molar-refractivity contribution < 1.29 is 34.8 Å². The maximum atomic E-state index is 13.5. The summed E-state index contributed by atoms with van der Waals surface area (Å²) in [7, 11) is 3.10. The largest absolute Gasteiger partial charge is 0.508 e. The molecule has 0 aromatic heterocycles. The lowest BCUT2D eigenvalue weighted by molar-refractivity contribution is -0.153. The van der Waals surface area contributed by atoms with Gasteiger partial charge in [0.1, 0.15) is 22.8 Å². The number of aliphatic hydroxyl groups is 3. The number of likely N-dealkylation sites (N-methyl/N-ethyl adjacent to an activating group) is 1. The molecule has 4 rings (SSSR count). The molecule has 0 bridgehead atoms. The third kappa shape index (κ3) is 2.83. The van der Waals surface area contributed by atoms with Gasteiger partial charge in [0.15, 0.2) is 11.4 Å². The fourth-order valence-corrected chi connectivity index (χ4v) is 5.23. The van der Waals surface area contributed by atoms with E-state index >= 15 is 0 Å². The molecule has 0 radical (unpaired) electrons. The first-order valence-electron chi connectivity index (χ1n) is 9.68. The highest BCUT2D eigenvalue weighted by Crippen LogP contribution is 2.52. The van der Waals surface area contributed by atoms with Crippen LogP contribution in [0.2, 0.25) is 0 Å².